The predicted octanol–water partition coefficient (Wildman–Crippen LogP) is 1.10. The monoisotopic (exact) mass is 230 g/mol. The fraction of sp³-hybridized carbons (Fsp3) is 0.250. The van der Waals surface area contributed by atoms with Gasteiger partial charge < -0.3 is 9.88 Å². The van der Waals surface area contributed by atoms with Crippen molar-refractivity contribution >= 4 is 5.91 Å². The van der Waals surface area contributed by atoms with Crippen LogP contribution in [0.5, 0.6) is 0 Å². The molecule has 2 aromatic rings. The zero-order chi connectivity index (χ0) is 12.1. The van der Waals surface area contributed by atoms with Crippen LogP contribution >= 0.6 is 0 Å². The third-order valence-corrected chi connectivity index (χ3v) is 2.32. The van der Waals surface area contributed by atoms with Gasteiger partial charge in [-0.1, -0.05) is 6.07 Å². The first kappa shape index (κ1) is 11.3. The van der Waals surface area contributed by atoms with Crippen LogP contribution in [-0.4, -0.2) is 26.5 Å². The van der Waals surface area contributed by atoms with Gasteiger partial charge in [0.15, 0.2) is 0 Å². The van der Waals surface area contributed by atoms with E-state index in [-0.39, 0.29) is 11.9 Å². The van der Waals surface area contributed by atoms with Gasteiger partial charge in [-0.25, -0.2) is 4.98 Å². The van der Waals surface area contributed by atoms with Crippen molar-refractivity contribution in [1.82, 2.24) is 19.9 Å². The summed E-state index contributed by atoms with van der Waals surface area (Å²) in [5.41, 5.74) is 0.435. The van der Waals surface area contributed by atoms with Crippen molar-refractivity contribution in [2.45, 2.75) is 19.5 Å². The number of hydrogen-bond donors (Lipinski definition) is 1. The molecule has 0 unspecified atom stereocenters. The van der Waals surface area contributed by atoms with E-state index in [0.717, 1.165) is 0 Å². The van der Waals surface area contributed by atoms with Crippen molar-refractivity contribution in [3.63, 3.8) is 0 Å². The zero-order valence-electron chi connectivity index (χ0n) is 9.58. The molecule has 0 saturated heterocycles. The molecule has 5 nitrogen and oxygen atoms in total. The van der Waals surface area contributed by atoms with E-state index in [0.29, 0.717) is 12.2 Å². The number of rotatable bonds is 4. The smallest absolute Gasteiger partial charge is 0.270 e. The van der Waals surface area contributed by atoms with Crippen LogP contribution in [0.15, 0.2) is 43.1 Å². The number of pyridine rings is 1. The van der Waals surface area contributed by atoms with E-state index in [9.17, 15) is 4.79 Å². The number of nitrogens with zero attached hydrogens (tertiary/aromatic N) is 3. The number of carbonyl (C=O) groups is 1. The maximum absolute atomic E-state index is 11.8. The molecule has 1 N–H and O–H groups in total. The van der Waals surface area contributed by atoms with Crippen LogP contribution in [0.25, 0.3) is 0 Å². The molecule has 0 saturated carbocycles. The molecule has 2 aromatic heterocycles. The molecule has 1 amide bonds. The highest BCUT2D eigenvalue weighted by atomic mass is 16.1. The van der Waals surface area contributed by atoms with Gasteiger partial charge >= 0.3 is 0 Å². The van der Waals surface area contributed by atoms with Gasteiger partial charge in [-0.15, -0.1) is 0 Å². The second-order valence-electron chi connectivity index (χ2n) is 3.85. The van der Waals surface area contributed by atoms with Gasteiger partial charge in [-0.2, -0.15) is 0 Å². The number of imidazole rings is 1. The predicted molar refractivity (Wildman–Crippen MR) is 63.4 cm³/mol. The summed E-state index contributed by atoms with van der Waals surface area (Å²) < 4.78 is 1.92. The average molecular weight is 230 g/mol. The molecule has 0 aliphatic carbocycles. The quantitative estimate of drug-likeness (QED) is 0.855. The summed E-state index contributed by atoms with van der Waals surface area (Å²) in [6, 6.07) is 5.30. The van der Waals surface area contributed by atoms with Gasteiger partial charge in [-0.3, -0.25) is 9.78 Å². The van der Waals surface area contributed by atoms with Crippen LogP contribution < -0.4 is 5.32 Å². The first-order chi connectivity index (χ1) is 8.25. The maximum Gasteiger partial charge on any atom is 0.270 e. The number of hydrogen-bond acceptors (Lipinski definition) is 3. The second-order valence-corrected chi connectivity index (χ2v) is 3.85. The molecule has 0 radical (unpaired) electrons. The molecule has 88 valence electrons. The SMILES string of the molecule is C[C@@H](Cn1ccnc1)NC(=O)c1ccccn1. The van der Waals surface area contributed by atoms with E-state index in [1.807, 2.05) is 17.7 Å². The summed E-state index contributed by atoms with van der Waals surface area (Å²) in [5.74, 6) is -0.154. The number of aromatic nitrogens is 3. The maximum atomic E-state index is 11.8. The number of amides is 1. The minimum atomic E-state index is -0.154. The minimum Gasteiger partial charge on any atom is -0.346 e. The van der Waals surface area contributed by atoms with Crippen molar-refractivity contribution in [3.8, 4) is 0 Å². The molecule has 1 atom stereocenters. The molecule has 0 fully saturated rings. The molecule has 0 aliphatic rings. The van der Waals surface area contributed by atoms with Crippen molar-refractivity contribution in [2.75, 3.05) is 0 Å². The molecule has 0 spiro atoms. The van der Waals surface area contributed by atoms with Gasteiger partial charge in [0.1, 0.15) is 5.69 Å². The lowest BCUT2D eigenvalue weighted by molar-refractivity contribution is 0.0931. The fourth-order valence-electron chi connectivity index (χ4n) is 1.55. The van der Waals surface area contributed by atoms with Crippen molar-refractivity contribution in [2.24, 2.45) is 0 Å². The highest BCUT2D eigenvalue weighted by molar-refractivity contribution is 5.92. The van der Waals surface area contributed by atoms with Crippen LogP contribution in [0.4, 0.5) is 0 Å². The number of carbonyl (C=O) groups excluding carboxylic acids is 1. The molecule has 0 bridgehead atoms. The standard InChI is InChI=1S/C12H14N4O/c1-10(8-16-7-6-13-9-16)15-12(17)11-4-2-3-5-14-11/h2-7,9-10H,8H2,1H3,(H,15,17)/t10-/m0/s1. The van der Waals surface area contributed by atoms with E-state index in [4.69, 9.17) is 0 Å². The van der Waals surface area contributed by atoms with E-state index >= 15 is 0 Å². The van der Waals surface area contributed by atoms with Crippen molar-refractivity contribution < 1.29 is 4.79 Å². The highest BCUT2D eigenvalue weighted by Gasteiger charge is 2.10. The van der Waals surface area contributed by atoms with E-state index in [1.165, 1.54) is 0 Å². The van der Waals surface area contributed by atoms with E-state index < -0.39 is 0 Å². The van der Waals surface area contributed by atoms with E-state index in [2.05, 4.69) is 15.3 Å². The largest absolute Gasteiger partial charge is 0.346 e. The molecule has 2 heterocycles. The summed E-state index contributed by atoms with van der Waals surface area (Å²) in [7, 11) is 0. The third-order valence-electron chi connectivity index (χ3n) is 2.32. The third kappa shape index (κ3) is 3.14. The Hall–Kier alpha value is -2.17. The topological polar surface area (TPSA) is 59.8 Å². The first-order valence-electron chi connectivity index (χ1n) is 5.43. The summed E-state index contributed by atoms with van der Waals surface area (Å²) in [6.07, 6.45) is 6.91. The Kier molecular flexibility index (Phi) is 3.49. The van der Waals surface area contributed by atoms with Crippen LogP contribution in [0.3, 0.4) is 0 Å². The summed E-state index contributed by atoms with van der Waals surface area (Å²) in [5, 5.41) is 2.88. The van der Waals surface area contributed by atoms with Gasteiger partial charge in [0.05, 0.1) is 6.33 Å². The average Bonchev–Trinajstić information content (AvgIpc) is 2.82. The van der Waals surface area contributed by atoms with Crippen molar-refractivity contribution in [1.29, 1.82) is 0 Å². The zero-order valence-corrected chi connectivity index (χ0v) is 9.58. The van der Waals surface area contributed by atoms with Gasteiger partial charge in [0, 0.05) is 31.2 Å². The Morgan fingerprint density at radius 2 is 2.35 bits per heavy atom. The molecule has 5 heteroatoms. The first-order valence-corrected chi connectivity index (χ1v) is 5.43. The van der Waals surface area contributed by atoms with Gasteiger partial charge in [0.25, 0.3) is 5.91 Å². The second kappa shape index (κ2) is 5.25. The van der Waals surface area contributed by atoms with Crippen LogP contribution in [-0.2, 0) is 6.54 Å². The van der Waals surface area contributed by atoms with Crippen LogP contribution in [0, 0.1) is 0 Å². The lowest BCUT2D eigenvalue weighted by atomic mass is 10.3. The Labute approximate surface area is 99.5 Å². The Morgan fingerprint density at radius 1 is 1.47 bits per heavy atom. The van der Waals surface area contributed by atoms with Gasteiger partial charge in [0.2, 0.25) is 0 Å². The van der Waals surface area contributed by atoms with Crippen LogP contribution in [0.1, 0.15) is 17.4 Å². The molecular weight excluding hydrogens is 216 g/mol. The lowest BCUT2D eigenvalue weighted by Gasteiger charge is -2.13. The Bertz CT molecular complexity index is 467. The Balaban J connectivity index is 1.91. The molecule has 17 heavy (non-hydrogen) atoms. The van der Waals surface area contributed by atoms with Crippen molar-refractivity contribution in [3.05, 3.63) is 48.8 Å². The Morgan fingerprint density at radius 3 is 3.00 bits per heavy atom. The normalized spacial score (nSPS) is 12.1. The molecule has 2 rings (SSSR count). The lowest BCUT2D eigenvalue weighted by Crippen LogP contribution is -2.35. The minimum absolute atomic E-state index is 0.0266. The fourth-order valence-corrected chi connectivity index (χ4v) is 1.55. The number of nitrogens with one attached hydrogen (secondary N) is 1. The molecule has 0 aromatic carbocycles. The van der Waals surface area contributed by atoms with Crippen LogP contribution in [0.2, 0.25) is 0 Å². The van der Waals surface area contributed by atoms with Gasteiger partial charge in [-0.05, 0) is 19.1 Å². The summed E-state index contributed by atoms with van der Waals surface area (Å²) in [4.78, 5) is 19.7. The van der Waals surface area contributed by atoms with E-state index in [1.54, 1.807) is 36.9 Å². The summed E-state index contributed by atoms with van der Waals surface area (Å²) in [6.45, 7) is 2.64. The summed E-state index contributed by atoms with van der Waals surface area (Å²) >= 11 is 0. The highest BCUT2D eigenvalue weighted by Crippen LogP contribution is 1.96. The molecular formula is C12H14N4O. The molecule has 0 aliphatic heterocycles.